The van der Waals surface area contributed by atoms with Gasteiger partial charge in [-0.1, -0.05) is 0 Å². The van der Waals surface area contributed by atoms with Gasteiger partial charge in [-0.05, 0) is 22.0 Å². The first-order chi connectivity index (χ1) is 8.58. The molecular formula is C10H7BrN4O3. The van der Waals surface area contributed by atoms with Crippen molar-refractivity contribution in [2.24, 2.45) is 0 Å². The highest BCUT2D eigenvalue weighted by Gasteiger charge is 2.16. The molecule has 18 heavy (non-hydrogen) atoms. The Kier molecular flexibility index (Phi) is 3.38. The van der Waals surface area contributed by atoms with Crippen LogP contribution >= 0.6 is 15.9 Å². The third kappa shape index (κ3) is 2.54. The second kappa shape index (κ2) is 4.96. The first-order valence-electron chi connectivity index (χ1n) is 4.82. The van der Waals surface area contributed by atoms with E-state index in [9.17, 15) is 14.9 Å². The number of aromatic nitrogens is 2. The maximum absolute atomic E-state index is 11.9. The lowest BCUT2D eigenvalue weighted by atomic mass is 10.2. The quantitative estimate of drug-likeness (QED) is 0.671. The molecule has 0 spiro atoms. The van der Waals surface area contributed by atoms with Gasteiger partial charge in [0, 0.05) is 29.0 Å². The highest BCUT2D eigenvalue weighted by atomic mass is 79.9. The molecule has 0 atom stereocenters. The number of aromatic amines is 1. The summed E-state index contributed by atoms with van der Waals surface area (Å²) in [4.78, 5) is 28.5. The summed E-state index contributed by atoms with van der Waals surface area (Å²) in [6.07, 6.45) is 3.04. The third-order valence-electron chi connectivity index (χ3n) is 2.14. The number of amides is 1. The molecule has 1 heterocycles. The van der Waals surface area contributed by atoms with Crippen LogP contribution in [-0.4, -0.2) is 20.8 Å². The van der Waals surface area contributed by atoms with Gasteiger partial charge in [-0.2, -0.15) is 0 Å². The fraction of sp³-hybridized carbons (Fsp3) is 0. The van der Waals surface area contributed by atoms with Gasteiger partial charge in [-0.25, -0.2) is 4.98 Å². The van der Waals surface area contributed by atoms with Gasteiger partial charge in [0.15, 0.2) is 0 Å². The van der Waals surface area contributed by atoms with E-state index in [1.807, 2.05) is 0 Å². The maximum Gasteiger partial charge on any atom is 0.270 e. The molecule has 0 aliphatic rings. The molecule has 2 aromatic rings. The first kappa shape index (κ1) is 12.2. The van der Waals surface area contributed by atoms with Crippen molar-refractivity contribution in [2.45, 2.75) is 0 Å². The first-order valence-corrected chi connectivity index (χ1v) is 5.62. The number of carbonyl (C=O) groups excluding carboxylic acids is 1. The Hall–Kier alpha value is -2.22. The van der Waals surface area contributed by atoms with Gasteiger partial charge in [-0.3, -0.25) is 20.2 Å². The van der Waals surface area contributed by atoms with Gasteiger partial charge < -0.3 is 4.98 Å². The van der Waals surface area contributed by atoms with Gasteiger partial charge in [0.2, 0.25) is 5.95 Å². The zero-order valence-electron chi connectivity index (χ0n) is 8.88. The van der Waals surface area contributed by atoms with Crippen LogP contribution in [0.15, 0.2) is 35.1 Å². The number of nitro benzene ring substituents is 1. The van der Waals surface area contributed by atoms with Crippen molar-refractivity contribution in [2.75, 3.05) is 5.32 Å². The average molecular weight is 311 g/mol. The number of anilines is 1. The van der Waals surface area contributed by atoms with E-state index >= 15 is 0 Å². The molecule has 1 aromatic heterocycles. The summed E-state index contributed by atoms with van der Waals surface area (Å²) < 4.78 is 0.470. The van der Waals surface area contributed by atoms with E-state index in [1.54, 1.807) is 6.20 Å². The van der Waals surface area contributed by atoms with Crippen LogP contribution < -0.4 is 5.32 Å². The Morgan fingerprint density at radius 1 is 1.50 bits per heavy atom. The smallest absolute Gasteiger partial charge is 0.270 e. The van der Waals surface area contributed by atoms with E-state index in [4.69, 9.17) is 0 Å². The van der Waals surface area contributed by atoms with E-state index in [1.165, 1.54) is 24.4 Å². The standard InChI is InChI=1S/C10H7BrN4O3/c11-8-2-1-6(15(17)18)5-7(8)9(16)14-10-12-3-4-13-10/h1-5H,(H2,12,13,14,16). The highest BCUT2D eigenvalue weighted by Crippen LogP contribution is 2.23. The van der Waals surface area contributed by atoms with Crippen LogP contribution in [0.2, 0.25) is 0 Å². The monoisotopic (exact) mass is 310 g/mol. The number of imidazole rings is 1. The molecule has 1 amide bonds. The van der Waals surface area contributed by atoms with Crippen molar-refractivity contribution in [1.82, 2.24) is 9.97 Å². The molecule has 0 bridgehead atoms. The zero-order chi connectivity index (χ0) is 13.1. The normalized spacial score (nSPS) is 10.1. The Balaban J connectivity index is 2.29. The molecule has 8 heteroatoms. The predicted octanol–water partition coefficient (Wildman–Crippen LogP) is 2.33. The Bertz CT molecular complexity index is 597. The van der Waals surface area contributed by atoms with Gasteiger partial charge in [0.05, 0.1) is 10.5 Å². The minimum atomic E-state index is -0.559. The number of hydrogen-bond donors (Lipinski definition) is 2. The van der Waals surface area contributed by atoms with Crippen molar-refractivity contribution in [1.29, 1.82) is 0 Å². The number of benzene rings is 1. The fourth-order valence-electron chi connectivity index (χ4n) is 1.31. The van der Waals surface area contributed by atoms with Crippen molar-refractivity contribution in [3.8, 4) is 0 Å². The molecule has 0 unspecified atom stereocenters. The van der Waals surface area contributed by atoms with Crippen molar-refractivity contribution in [3.63, 3.8) is 0 Å². The second-order valence-corrected chi connectivity index (χ2v) is 4.17. The molecule has 0 saturated carbocycles. The Labute approximate surface area is 110 Å². The van der Waals surface area contributed by atoms with Crippen LogP contribution in [0.5, 0.6) is 0 Å². The van der Waals surface area contributed by atoms with E-state index < -0.39 is 10.8 Å². The minimum Gasteiger partial charge on any atom is -0.331 e. The summed E-state index contributed by atoms with van der Waals surface area (Å²) in [5.41, 5.74) is 0.0170. The van der Waals surface area contributed by atoms with Crippen LogP contribution in [-0.2, 0) is 0 Å². The average Bonchev–Trinajstić information content (AvgIpc) is 2.81. The van der Waals surface area contributed by atoms with Crippen LogP contribution in [0.4, 0.5) is 11.6 Å². The van der Waals surface area contributed by atoms with Gasteiger partial charge in [0.1, 0.15) is 0 Å². The van der Waals surface area contributed by atoms with Crippen molar-refractivity contribution < 1.29 is 9.72 Å². The molecule has 0 radical (unpaired) electrons. The molecule has 1 aromatic carbocycles. The number of hydrogen-bond acceptors (Lipinski definition) is 4. The molecule has 0 aliphatic carbocycles. The molecule has 2 N–H and O–H groups in total. The summed E-state index contributed by atoms with van der Waals surface area (Å²) in [6.45, 7) is 0. The summed E-state index contributed by atoms with van der Waals surface area (Å²) in [5, 5.41) is 13.1. The number of non-ortho nitro benzene ring substituents is 1. The summed E-state index contributed by atoms with van der Waals surface area (Å²) in [7, 11) is 0. The number of rotatable bonds is 3. The van der Waals surface area contributed by atoms with E-state index in [0.29, 0.717) is 4.47 Å². The van der Waals surface area contributed by atoms with Crippen LogP contribution in [0.25, 0.3) is 0 Å². The summed E-state index contributed by atoms with van der Waals surface area (Å²) in [6, 6.07) is 3.96. The van der Waals surface area contributed by atoms with Gasteiger partial charge >= 0.3 is 0 Å². The largest absolute Gasteiger partial charge is 0.331 e. The third-order valence-corrected chi connectivity index (χ3v) is 2.83. The molecule has 0 saturated heterocycles. The topological polar surface area (TPSA) is 101 Å². The van der Waals surface area contributed by atoms with E-state index in [0.717, 1.165) is 0 Å². The molecule has 2 rings (SSSR count). The Morgan fingerprint density at radius 2 is 2.28 bits per heavy atom. The lowest BCUT2D eigenvalue weighted by Gasteiger charge is -2.04. The fourth-order valence-corrected chi connectivity index (χ4v) is 1.74. The number of nitro groups is 1. The number of H-pyrrole nitrogens is 1. The van der Waals surface area contributed by atoms with E-state index in [2.05, 4.69) is 31.2 Å². The van der Waals surface area contributed by atoms with Gasteiger partial charge in [0.25, 0.3) is 11.6 Å². The number of halogens is 1. The van der Waals surface area contributed by atoms with E-state index in [-0.39, 0.29) is 17.2 Å². The summed E-state index contributed by atoms with van der Waals surface area (Å²) in [5.74, 6) is -0.209. The van der Waals surface area contributed by atoms with Gasteiger partial charge in [-0.15, -0.1) is 0 Å². The second-order valence-electron chi connectivity index (χ2n) is 3.31. The van der Waals surface area contributed by atoms with Crippen molar-refractivity contribution >= 4 is 33.5 Å². The number of nitrogens with one attached hydrogen (secondary N) is 2. The molecule has 0 aliphatic heterocycles. The molecule has 92 valence electrons. The highest BCUT2D eigenvalue weighted by molar-refractivity contribution is 9.10. The lowest BCUT2D eigenvalue weighted by molar-refractivity contribution is -0.384. The number of carbonyl (C=O) groups is 1. The SMILES string of the molecule is O=C(Nc1ncc[nH]1)c1cc([N+](=O)[O-])ccc1Br. The van der Waals surface area contributed by atoms with Crippen LogP contribution in [0.3, 0.4) is 0 Å². The Morgan fingerprint density at radius 3 is 2.89 bits per heavy atom. The predicted molar refractivity (Wildman–Crippen MR) is 67.3 cm³/mol. The maximum atomic E-state index is 11.9. The minimum absolute atomic E-state index is 0.150. The van der Waals surface area contributed by atoms with Crippen LogP contribution in [0, 0.1) is 10.1 Å². The lowest BCUT2D eigenvalue weighted by Crippen LogP contribution is -2.13. The summed E-state index contributed by atoms with van der Waals surface area (Å²) >= 11 is 3.17. The molecule has 7 nitrogen and oxygen atoms in total. The molecule has 0 fully saturated rings. The van der Waals surface area contributed by atoms with Crippen LogP contribution in [0.1, 0.15) is 10.4 Å². The zero-order valence-corrected chi connectivity index (χ0v) is 10.5. The number of nitrogens with zero attached hydrogens (tertiary/aromatic N) is 2. The molecular weight excluding hydrogens is 304 g/mol. The van der Waals surface area contributed by atoms with Crippen molar-refractivity contribution in [3.05, 3.63) is 50.7 Å².